The summed E-state index contributed by atoms with van der Waals surface area (Å²) < 4.78 is 6.88. The minimum atomic E-state index is -0.466. The Morgan fingerprint density at radius 2 is 1.64 bits per heavy atom. The van der Waals surface area contributed by atoms with E-state index in [4.69, 9.17) is 4.74 Å². The zero-order chi connectivity index (χ0) is 19.7. The Labute approximate surface area is 160 Å². The van der Waals surface area contributed by atoms with Crippen LogP contribution in [0.4, 0.5) is 5.69 Å². The van der Waals surface area contributed by atoms with Gasteiger partial charge in [-0.1, -0.05) is 30.3 Å². The maximum absolute atomic E-state index is 13.0. The highest BCUT2D eigenvalue weighted by molar-refractivity contribution is 5.96. The second-order valence-electron chi connectivity index (χ2n) is 6.25. The van der Waals surface area contributed by atoms with Crippen LogP contribution in [0.1, 0.15) is 0 Å². The Kier molecular flexibility index (Phi) is 4.37. The molecule has 0 saturated heterocycles. The van der Waals surface area contributed by atoms with Crippen molar-refractivity contribution < 1.29 is 9.66 Å². The van der Waals surface area contributed by atoms with Gasteiger partial charge in [-0.25, -0.2) is 0 Å². The molecule has 0 saturated carbocycles. The molecule has 138 valence electrons. The molecular formula is C22H16N2O4. The van der Waals surface area contributed by atoms with E-state index in [1.807, 2.05) is 42.5 Å². The molecule has 0 N–H and O–H groups in total. The number of benzene rings is 3. The highest BCUT2D eigenvalue weighted by Crippen LogP contribution is 2.31. The minimum absolute atomic E-state index is 0.0282. The monoisotopic (exact) mass is 372 g/mol. The molecule has 0 amide bonds. The topological polar surface area (TPSA) is 74.4 Å². The molecule has 3 aromatic carbocycles. The summed E-state index contributed by atoms with van der Waals surface area (Å²) in [5, 5.41) is 11.8. The molecule has 4 aromatic rings. The minimum Gasteiger partial charge on any atom is -0.497 e. The lowest BCUT2D eigenvalue weighted by molar-refractivity contribution is -0.384. The third kappa shape index (κ3) is 3.01. The molecule has 28 heavy (non-hydrogen) atoms. The van der Waals surface area contributed by atoms with E-state index in [0.717, 1.165) is 16.5 Å². The molecule has 4 rings (SSSR count). The van der Waals surface area contributed by atoms with Crippen LogP contribution in [-0.2, 0) is 0 Å². The summed E-state index contributed by atoms with van der Waals surface area (Å²) in [6, 6.07) is 22.7. The molecule has 0 radical (unpaired) electrons. The van der Waals surface area contributed by atoms with E-state index in [1.165, 1.54) is 16.7 Å². The molecule has 0 spiro atoms. The quantitative estimate of drug-likeness (QED) is 0.388. The van der Waals surface area contributed by atoms with Gasteiger partial charge in [-0.2, -0.15) is 0 Å². The number of hydrogen-bond donors (Lipinski definition) is 0. The number of ether oxygens (including phenoxy) is 1. The van der Waals surface area contributed by atoms with Gasteiger partial charge in [-0.05, 0) is 35.4 Å². The first-order valence-corrected chi connectivity index (χ1v) is 8.62. The summed E-state index contributed by atoms with van der Waals surface area (Å²) in [7, 11) is 1.57. The van der Waals surface area contributed by atoms with Gasteiger partial charge < -0.3 is 4.74 Å². The number of nitrogens with zero attached hydrogens (tertiary/aromatic N) is 2. The fraction of sp³-hybridized carbons (Fsp3) is 0.0455. The first kappa shape index (κ1) is 17.5. The predicted molar refractivity (Wildman–Crippen MR) is 108 cm³/mol. The average Bonchev–Trinajstić information content (AvgIpc) is 2.73. The Morgan fingerprint density at radius 3 is 2.29 bits per heavy atom. The normalized spacial score (nSPS) is 10.8. The van der Waals surface area contributed by atoms with Crippen molar-refractivity contribution in [3.63, 3.8) is 0 Å². The van der Waals surface area contributed by atoms with Crippen LogP contribution in [0.2, 0.25) is 0 Å². The zero-order valence-electron chi connectivity index (χ0n) is 15.0. The van der Waals surface area contributed by atoms with Crippen LogP contribution in [0, 0.1) is 10.1 Å². The van der Waals surface area contributed by atoms with Crippen molar-refractivity contribution in [2.45, 2.75) is 0 Å². The van der Waals surface area contributed by atoms with Crippen LogP contribution in [-0.4, -0.2) is 16.6 Å². The second kappa shape index (κ2) is 7.00. The molecule has 0 aliphatic rings. The van der Waals surface area contributed by atoms with E-state index in [9.17, 15) is 14.9 Å². The van der Waals surface area contributed by atoms with E-state index in [2.05, 4.69) is 0 Å². The molecule has 0 bridgehead atoms. The van der Waals surface area contributed by atoms with Gasteiger partial charge in [0.15, 0.2) is 0 Å². The van der Waals surface area contributed by atoms with Crippen molar-refractivity contribution in [3.05, 3.63) is 99.3 Å². The van der Waals surface area contributed by atoms with E-state index < -0.39 is 4.92 Å². The number of hydrogen-bond acceptors (Lipinski definition) is 4. The third-order valence-corrected chi connectivity index (χ3v) is 4.63. The third-order valence-electron chi connectivity index (χ3n) is 4.63. The van der Waals surface area contributed by atoms with Crippen molar-refractivity contribution in [2.24, 2.45) is 0 Å². The van der Waals surface area contributed by atoms with Gasteiger partial charge in [0.05, 0.1) is 17.5 Å². The number of methoxy groups -OCH3 is 1. The molecular weight excluding hydrogens is 356 g/mol. The fourth-order valence-corrected chi connectivity index (χ4v) is 3.28. The van der Waals surface area contributed by atoms with Gasteiger partial charge in [0, 0.05) is 35.3 Å². The summed E-state index contributed by atoms with van der Waals surface area (Å²) in [5.41, 5.74) is 2.72. The molecule has 0 atom stereocenters. The molecule has 0 aliphatic heterocycles. The van der Waals surface area contributed by atoms with Crippen LogP contribution in [0.5, 0.6) is 5.75 Å². The smallest absolute Gasteiger partial charge is 0.269 e. The zero-order valence-corrected chi connectivity index (χ0v) is 15.0. The molecule has 6 heteroatoms. The SMILES string of the molecule is COc1ccc2c(-c3ccccc3)cc(=O)n(-c3ccc([N+](=O)[O-])cc3)c2c1. The highest BCUT2D eigenvalue weighted by Gasteiger charge is 2.14. The van der Waals surface area contributed by atoms with Gasteiger partial charge in [0.1, 0.15) is 5.75 Å². The van der Waals surface area contributed by atoms with E-state index in [0.29, 0.717) is 17.0 Å². The first-order valence-electron chi connectivity index (χ1n) is 8.62. The summed E-state index contributed by atoms with van der Waals surface area (Å²) in [5.74, 6) is 0.618. The average molecular weight is 372 g/mol. The number of pyridine rings is 1. The van der Waals surface area contributed by atoms with E-state index >= 15 is 0 Å². The summed E-state index contributed by atoms with van der Waals surface area (Å²) >= 11 is 0. The molecule has 0 aliphatic carbocycles. The maximum Gasteiger partial charge on any atom is 0.269 e. The van der Waals surface area contributed by atoms with Crippen molar-refractivity contribution in [2.75, 3.05) is 7.11 Å². The Balaban J connectivity index is 2.03. The Bertz CT molecular complexity index is 1230. The second-order valence-corrected chi connectivity index (χ2v) is 6.25. The van der Waals surface area contributed by atoms with Crippen molar-refractivity contribution in [1.82, 2.24) is 4.57 Å². The maximum atomic E-state index is 13.0. The largest absolute Gasteiger partial charge is 0.497 e. The van der Waals surface area contributed by atoms with Crippen LogP contribution in [0.25, 0.3) is 27.7 Å². The molecule has 1 aromatic heterocycles. The summed E-state index contributed by atoms with van der Waals surface area (Å²) in [6.45, 7) is 0. The van der Waals surface area contributed by atoms with Gasteiger partial charge in [0.2, 0.25) is 0 Å². The van der Waals surface area contributed by atoms with Crippen molar-refractivity contribution >= 4 is 16.6 Å². The predicted octanol–water partition coefficient (Wildman–Crippen LogP) is 4.57. The van der Waals surface area contributed by atoms with Crippen molar-refractivity contribution in [1.29, 1.82) is 0 Å². The fourth-order valence-electron chi connectivity index (χ4n) is 3.28. The molecule has 1 heterocycles. The number of nitro benzene ring substituents is 1. The number of non-ortho nitro benzene ring substituents is 1. The molecule has 0 unspecified atom stereocenters. The lowest BCUT2D eigenvalue weighted by Crippen LogP contribution is -2.18. The molecule has 6 nitrogen and oxygen atoms in total. The van der Waals surface area contributed by atoms with Gasteiger partial charge in [-0.3, -0.25) is 19.5 Å². The first-order chi connectivity index (χ1) is 13.6. The van der Waals surface area contributed by atoms with Crippen LogP contribution >= 0.6 is 0 Å². The van der Waals surface area contributed by atoms with Crippen LogP contribution < -0.4 is 10.3 Å². The van der Waals surface area contributed by atoms with Crippen LogP contribution in [0.3, 0.4) is 0 Å². The molecule has 0 fully saturated rings. The van der Waals surface area contributed by atoms with E-state index in [-0.39, 0.29) is 11.2 Å². The highest BCUT2D eigenvalue weighted by atomic mass is 16.6. The lowest BCUT2D eigenvalue weighted by Gasteiger charge is -2.15. The van der Waals surface area contributed by atoms with Gasteiger partial charge >= 0.3 is 0 Å². The number of nitro groups is 1. The summed E-state index contributed by atoms with van der Waals surface area (Å²) in [4.78, 5) is 23.5. The standard InChI is InChI=1S/C22H16N2O4/c1-28-18-11-12-19-20(15-5-3-2-4-6-15)14-22(25)23(21(19)13-18)16-7-9-17(10-8-16)24(26)27/h2-14H,1H3. The van der Waals surface area contributed by atoms with Gasteiger partial charge in [-0.15, -0.1) is 0 Å². The van der Waals surface area contributed by atoms with Crippen molar-refractivity contribution in [3.8, 4) is 22.6 Å². The number of aromatic nitrogens is 1. The Hall–Kier alpha value is -3.93. The van der Waals surface area contributed by atoms with Gasteiger partial charge in [0.25, 0.3) is 11.2 Å². The van der Waals surface area contributed by atoms with E-state index in [1.54, 1.807) is 31.4 Å². The lowest BCUT2D eigenvalue weighted by atomic mass is 10.0. The Morgan fingerprint density at radius 1 is 0.929 bits per heavy atom. The summed E-state index contributed by atoms with van der Waals surface area (Å²) in [6.07, 6.45) is 0. The number of fused-ring (bicyclic) bond motifs is 1. The number of rotatable bonds is 4. The van der Waals surface area contributed by atoms with Crippen LogP contribution in [0.15, 0.2) is 83.7 Å².